The van der Waals surface area contributed by atoms with Crippen molar-refractivity contribution in [1.82, 2.24) is 39.8 Å². The third-order valence-electron chi connectivity index (χ3n) is 12.8. The van der Waals surface area contributed by atoms with Crippen molar-refractivity contribution in [2.75, 3.05) is 56.4 Å². The molecule has 302 valence electrons. The molecule has 5 aliphatic rings. The van der Waals surface area contributed by atoms with Gasteiger partial charge < -0.3 is 25.2 Å². The zero-order valence-electron chi connectivity index (χ0n) is 32.7. The number of piperidine rings is 3. The van der Waals surface area contributed by atoms with Crippen molar-refractivity contribution in [2.45, 2.75) is 56.7 Å². The average molecular weight is 795 g/mol. The minimum atomic E-state index is -0.961. The Morgan fingerprint density at radius 1 is 0.763 bits per heavy atom. The predicted octanol–water partition coefficient (Wildman–Crippen LogP) is 4.51. The van der Waals surface area contributed by atoms with Crippen LogP contribution < -0.4 is 20.7 Å². The topological polar surface area (TPSA) is 172 Å². The van der Waals surface area contributed by atoms with Crippen LogP contribution in [0.25, 0.3) is 22.3 Å². The molecule has 0 aliphatic carbocycles. The second kappa shape index (κ2) is 15.2. The van der Waals surface area contributed by atoms with Gasteiger partial charge in [-0.05, 0) is 99.8 Å². The number of carbonyl (C=O) groups excluding carboxylic acids is 4. The number of likely N-dealkylation sites (tertiary alicyclic amines) is 2. The maximum Gasteiger partial charge on any atom is 0.262 e. The number of nitrogen functional groups attached to an aromatic ring is 1. The first-order valence-corrected chi connectivity index (χ1v) is 20.7. The number of benzene rings is 3. The molecule has 15 heteroatoms. The number of nitrogens with zero attached hydrogens (tertiary/aromatic N) is 8. The van der Waals surface area contributed by atoms with E-state index in [1.807, 2.05) is 60.7 Å². The summed E-state index contributed by atoms with van der Waals surface area (Å²) in [4.78, 5) is 68.0. The largest absolute Gasteiger partial charge is 0.457 e. The van der Waals surface area contributed by atoms with Gasteiger partial charge in [-0.2, -0.15) is 5.10 Å². The summed E-state index contributed by atoms with van der Waals surface area (Å²) < 4.78 is 8.09. The molecule has 7 heterocycles. The molecular formula is C44H46N10O5. The molecule has 2 aromatic heterocycles. The molecule has 1 atom stereocenters. The maximum atomic E-state index is 13.3. The lowest BCUT2D eigenvalue weighted by atomic mass is 9.94. The van der Waals surface area contributed by atoms with E-state index in [-0.39, 0.29) is 24.8 Å². The molecule has 0 bridgehead atoms. The molecule has 4 amide bonds. The average Bonchev–Trinajstić information content (AvgIpc) is 3.75. The van der Waals surface area contributed by atoms with Gasteiger partial charge in [-0.3, -0.25) is 29.4 Å². The van der Waals surface area contributed by atoms with Gasteiger partial charge in [0.2, 0.25) is 11.8 Å². The van der Waals surface area contributed by atoms with E-state index in [2.05, 4.69) is 34.7 Å². The van der Waals surface area contributed by atoms with Crippen LogP contribution in [0.1, 0.15) is 65.3 Å². The van der Waals surface area contributed by atoms with Gasteiger partial charge in [0.1, 0.15) is 35.4 Å². The van der Waals surface area contributed by atoms with Gasteiger partial charge in [-0.1, -0.05) is 18.2 Å². The predicted molar refractivity (Wildman–Crippen MR) is 220 cm³/mol. The number of nitrogens with one attached hydrogen (secondary N) is 1. The number of hydrogen-bond acceptors (Lipinski definition) is 12. The Morgan fingerprint density at radius 2 is 1.47 bits per heavy atom. The van der Waals surface area contributed by atoms with Gasteiger partial charge in [0, 0.05) is 62.4 Å². The first-order chi connectivity index (χ1) is 28.8. The molecule has 4 fully saturated rings. The molecule has 0 spiro atoms. The number of fused-ring (bicyclic) bond motifs is 2. The SMILES string of the molecule is Nc1ncnc2c1c(-c1ccc(Oc3ccccc3)cc1)nn2C1CCN(C2CCN(CC3CN(c4ccc5c(c4)C(=O)N(C4CCC(=O)NC4=O)C5=O)C3)CC2)CC1. The summed E-state index contributed by atoms with van der Waals surface area (Å²) in [5.74, 6) is 0.556. The van der Waals surface area contributed by atoms with Crippen LogP contribution in [-0.2, 0) is 9.59 Å². The molecule has 0 radical (unpaired) electrons. The summed E-state index contributed by atoms with van der Waals surface area (Å²) in [6, 6.07) is 22.8. The first-order valence-electron chi connectivity index (χ1n) is 20.7. The van der Waals surface area contributed by atoms with Gasteiger partial charge in [0.25, 0.3) is 11.8 Å². The Labute approximate surface area is 341 Å². The summed E-state index contributed by atoms with van der Waals surface area (Å²) in [6.45, 7) is 6.99. The number of nitrogens with two attached hydrogens (primary N) is 1. The second-order valence-electron chi connectivity index (χ2n) is 16.4. The summed E-state index contributed by atoms with van der Waals surface area (Å²) in [6.07, 6.45) is 6.04. The summed E-state index contributed by atoms with van der Waals surface area (Å²) in [5, 5.41) is 8.16. The Kier molecular flexibility index (Phi) is 9.56. The van der Waals surface area contributed by atoms with Crippen molar-refractivity contribution in [1.29, 1.82) is 0 Å². The Bertz CT molecular complexity index is 2430. The third kappa shape index (κ3) is 6.97. The minimum absolute atomic E-state index is 0.101. The number of amides is 4. The van der Waals surface area contributed by atoms with Gasteiger partial charge in [-0.25, -0.2) is 14.6 Å². The molecule has 4 saturated heterocycles. The lowest BCUT2D eigenvalue weighted by Crippen LogP contribution is -2.54. The maximum absolute atomic E-state index is 13.3. The number of aromatic nitrogens is 4. The summed E-state index contributed by atoms with van der Waals surface area (Å²) in [5.41, 5.74) is 10.5. The van der Waals surface area contributed by atoms with E-state index in [1.54, 1.807) is 12.1 Å². The van der Waals surface area contributed by atoms with E-state index < -0.39 is 23.8 Å². The Morgan fingerprint density at radius 3 is 2.22 bits per heavy atom. The molecular weight excluding hydrogens is 749 g/mol. The van der Waals surface area contributed by atoms with Crippen molar-refractivity contribution >= 4 is 46.2 Å². The smallest absolute Gasteiger partial charge is 0.262 e. The summed E-state index contributed by atoms with van der Waals surface area (Å²) >= 11 is 0. The van der Waals surface area contributed by atoms with Crippen LogP contribution in [0.4, 0.5) is 11.5 Å². The Hall–Kier alpha value is -6.19. The van der Waals surface area contributed by atoms with E-state index in [9.17, 15) is 19.2 Å². The highest BCUT2D eigenvalue weighted by Gasteiger charge is 2.45. The molecule has 15 nitrogen and oxygen atoms in total. The van der Waals surface area contributed by atoms with Crippen molar-refractivity contribution < 1.29 is 23.9 Å². The lowest BCUT2D eigenvalue weighted by Gasteiger charge is -2.46. The monoisotopic (exact) mass is 794 g/mol. The van der Waals surface area contributed by atoms with E-state index in [0.29, 0.717) is 28.9 Å². The number of hydrogen-bond donors (Lipinski definition) is 2. The zero-order valence-corrected chi connectivity index (χ0v) is 32.7. The third-order valence-corrected chi connectivity index (χ3v) is 12.8. The molecule has 0 saturated carbocycles. The van der Waals surface area contributed by atoms with Crippen LogP contribution in [0, 0.1) is 5.92 Å². The number of imide groups is 2. The molecule has 5 aromatic rings. The van der Waals surface area contributed by atoms with Crippen LogP contribution >= 0.6 is 0 Å². The fraction of sp³-hybridized carbons (Fsp3) is 0.386. The van der Waals surface area contributed by atoms with Crippen molar-refractivity contribution in [2.24, 2.45) is 5.92 Å². The van der Waals surface area contributed by atoms with E-state index in [0.717, 1.165) is 116 Å². The minimum Gasteiger partial charge on any atom is -0.457 e. The Balaban J connectivity index is 0.710. The van der Waals surface area contributed by atoms with Crippen molar-refractivity contribution in [3.8, 4) is 22.8 Å². The van der Waals surface area contributed by atoms with Crippen LogP contribution in [0.2, 0.25) is 0 Å². The van der Waals surface area contributed by atoms with E-state index >= 15 is 0 Å². The fourth-order valence-electron chi connectivity index (χ4n) is 9.64. The number of anilines is 2. The van der Waals surface area contributed by atoms with Gasteiger partial charge in [-0.15, -0.1) is 0 Å². The second-order valence-corrected chi connectivity index (χ2v) is 16.4. The van der Waals surface area contributed by atoms with Gasteiger partial charge in [0.05, 0.1) is 22.6 Å². The quantitative estimate of drug-likeness (QED) is 0.201. The van der Waals surface area contributed by atoms with Gasteiger partial charge in [0.15, 0.2) is 5.65 Å². The normalized spacial score (nSPS) is 21.3. The molecule has 1 unspecified atom stereocenters. The molecule has 10 rings (SSSR count). The zero-order chi connectivity index (χ0) is 40.2. The van der Waals surface area contributed by atoms with Crippen LogP contribution in [-0.4, -0.2) is 116 Å². The first kappa shape index (κ1) is 37.1. The molecule has 59 heavy (non-hydrogen) atoms. The number of rotatable bonds is 9. The van der Waals surface area contributed by atoms with Gasteiger partial charge >= 0.3 is 0 Å². The van der Waals surface area contributed by atoms with Crippen molar-refractivity contribution in [3.63, 3.8) is 0 Å². The van der Waals surface area contributed by atoms with Crippen LogP contribution in [0.3, 0.4) is 0 Å². The van der Waals surface area contributed by atoms with E-state index in [4.69, 9.17) is 15.6 Å². The van der Waals surface area contributed by atoms with Crippen LogP contribution in [0.15, 0.2) is 79.1 Å². The highest BCUT2D eigenvalue weighted by Crippen LogP contribution is 2.37. The highest BCUT2D eigenvalue weighted by molar-refractivity contribution is 6.23. The standard InChI is InChI=1S/C44H46N10O5/c45-40-38-39(28-6-9-33(10-7-28)59-32-4-2-1-3-5-32)49-54(41(38)47-26-46-40)30-16-20-51(21-17-30)29-14-18-50(19-15-29)23-27-24-52(25-27)31-8-11-34-35(22-31)44(58)53(43(34)57)36-12-13-37(55)48-42(36)56/h1-11,22,26-27,29-30,36H,12-21,23-25H2,(H2,45,46,47)(H,48,55,56). The fourth-order valence-corrected chi connectivity index (χ4v) is 9.64. The van der Waals surface area contributed by atoms with E-state index in [1.165, 1.54) is 6.33 Å². The number of carbonyl (C=O) groups is 4. The molecule has 5 aliphatic heterocycles. The summed E-state index contributed by atoms with van der Waals surface area (Å²) in [7, 11) is 0. The molecule has 3 N–H and O–H groups in total. The number of para-hydroxylation sites is 1. The lowest BCUT2D eigenvalue weighted by molar-refractivity contribution is -0.136. The van der Waals surface area contributed by atoms with Crippen molar-refractivity contribution in [3.05, 3.63) is 90.3 Å². The van der Waals surface area contributed by atoms with Crippen LogP contribution in [0.5, 0.6) is 11.5 Å². The number of ether oxygens (including phenoxy) is 1. The highest BCUT2D eigenvalue weighted by atomic mass is 16.5. The molecule has 3 aromatic carbocycles.